The summed E-state index contributed by atoms with van der Waals surface area (Å²) in [6.45, 7) is 0.727. The number of carbonyl (C=O) groups is 1. The number of amides is 1. The van der Waals surface area contributed by atoms with Gasteiger partial charge in [0.05, 0.1) is 20.6 Å². The molecule has 4 nitrogen and oxygen atoms in total. The standard InChI is InChI=1S/C29H19Cl2N3OS/c30-23-12-6-13-24(27(23)31)32-29-33-28(35)26(36-29)15-20-17-34(25-14-4-3-11-22(20)25)16-19-9-5-8-18-7-1-2-10-21(18)19/h1-15,17H,16H2,(H,32,33,35)/b26-15+. The Balaban J connectivity index is 1.36. The molecular formula is C29H19Cl2N3OS. The molecule has 0 radical (unpaired) electrons. The maximum absolute atomic E-state index is 12.8. The summed E-state index contributed by atoms with van der Waals surface area (Å²) in [5.41, 5.74) is 3.85. The van der Waals surface area contributed by atoms with Gasteiger partial charge in [-0.15, -0.1) is 0 Å². The zero-order valence-corrected chi connectivity index (χ0v) is 21.2. The molecule has 5 aromatic rings. The summed E-state index contributed by atoms with van der Waals surface area (Å²) < 4.78 is 2.24. The molecule has 1 aliphatic heterocycles. The highest BCUT2D eigenvalue weighted by Gasteiger charge is 2.25. The van der Waals surface area contributed by atoms with Crippen LogP contribution in [-0.2, 0) is 11.3 Å². The molecule has 6 rings (SSSR count). The number of aliphatic imine (C=N–C) groups is 1. The maximum Gasteiger partial charge on any atom is 0.264 e. The molecule has 0 atom stereocenters. The van der Waals surface area contributed by atoms with Crippen LogP contribution in [0.2, 0.25) is 10.0 Å². The van der Waals surface area contributed by atoms with Gasteiger partial charge < -0.3 is 9.88 Å². The van der Waals surface area contributed by atoms with Gasteiger partial charge in [0, 0.05) is 29.2 Å². The third-order valence-corrected chi connectivity index (χ3v) is 7.85. The highest BCUT2D eigenvalue weighted by molar-refractivity contribution is 8.18. The van der Waals surface area contributed by atoms with Crippen molar-refractivity contribution >= 4 is 79.5 Å². The Morgan fingerprint density at radius 3 is 2.53 bits per heavy atom. The summed E-state index contributed by atoms with van der Waals surface area (Å²) in [7, 11) is 0. The van der Waals surface area contributed by atoms with Gasteiger partial charge in [0.25, 0.3) is 5.91 Å². The van der Waals surface area contributed by atoms with E-state index in [4.69, 9.17) is 23.2 Å². The Morgan fingerprint density at radius 2 is 1.64 bits per heavy atom. The predicted molar refractivity (Wildman–Crippen MR) is 152 cm³/mol. The number of amidine groups is 1. The predicted octanol–water partition coefficient (Wildman–Crippen LogP) is 8.04. The Bertz CT molecular complexity index is 1720. The normalized spacial score (nSPS) is 15.9. The van der Waals surface area contributed by atoms with E-state index in [1.54, 1.807) is 18.2 Å². The number of nitrogens with one attached hydrogen (secondary N) is 1. The van der Waals surface area contributed by atoms with Gasteiger partial charge in [-0.1, -0.05) is 89.9 Å². The van der Waals surface area contributed by atoms with E-state index in [1.165, 1.54) is 28.1 Å². The van der Waals surface area contributed by atoms with Gasteiger partial charge in [0.1, 0.15) is 0 Å². The van der Waals surface area contributed by atoms with Crippen LogP contribution in [0.1, 0.15) is 11.1 Å². The van der Waals surface area contributed by atoms with Gasteiger partial charge in [-0.25, -0.2) is 4.99 Å². The largest absolute Gasteiger partial charge is 0.342 e. The first-order valence-corrected chi connectivity index (χ1v) is 12.9. The van der Waals surface area contributed by atoms with Crippen LogP contribution in [0.3, 0.4) is 0 Å². The van der Waals surface area contributed by atoms with E-state index in [0.717, 1.165) is 23.0 Å². The molecule has 7 heteroatoms. The topological polar surface area (TPSA) is 46.4 Å². The van der Waals surface area contributed by atoms with Crippen LogP contribution in [0.15, 0.2) is 101 Å². The summed E-state index contributed by atoms with van der Waals surface area (Å²) >= 11 is 13.7. The molecule has 36 heavy (non-hydrogen) atoms. The minimum Gasteiger partial charge on any atom is -0.342 e. The minimum atomic E-state index is -0.192. The van der Waals surface area contributed by atoms with Crippen molar-refractivity contribution in [1.29, 1.82) is 0 Å². The van der Waals surface area contributed by atoms with E-state index < -0.39 is 0 Å². The molecular weight excluding hydrogens is 509 g/mol. The average molecular weight is 528 g/mol. The van der Waals surface area contributed by atoms with Crippen molar-refractivity contribution < 1.29 is 4.79 Å². The number of carbonyl (C=O) groups excluding carboxylic acids is 1. The maximum atomic E-state index is 12.8. The second-order valence-corrected chi connectivity index (χ2v) is 10.2. The van der Waals surface area contributed by atoms with Crippen LogP contribution in [0.25, 0.3) is 27.8 Å². The van der Waals surface area contributed by atoms with Crippen molar-refractivity contribution in [1.82, 2.24) is 9.88 Å². The van der Waals surface area contributed by atoms with Gasteiger partial charge in [-0.05, 0) is 52.4 Å². The number of nitrogens with zero attached hydrogens (tertiary/aromatic N) is 2. The number of halogens is 2. The number of benzene rings is 4. The lowest BCUT2D eigenvalue weighted by atomic mass is 10.0. The summed E-state index contributed by atoms with van der Waals surface area (Å²) in [5, 5.41) is 7.62. The fourth-order valence-corrected chi connectivity index (χ4v) is 5.61. The quantitative estimate of drug-likeness (QED) is 0.240. The Morgan fingerprint density at radius 1 is 0.889 bits per heavy atom. The molecule has 1 aromatic heterocycles. The van der Waals surface area contributed by atoms with Crippen molar-refractivity contribution in [3.05, 3.63) is 117 Å². The second-order valence-electron chi connectivity index (χ2n) is 8.42. The van der Waals surface area contributed by atoms with E-state index in [-0.39, 0.29) is 5.91 Å². The molecule has 0 bridgehead atoms. The third-order valence-electron chi connectivity index (χ3n) is 6.13. The van der Waals surface area contributed by atoms with Crippen LogP contribution in [0.4, 0.5) is 5.69 Å². The van der Waals surface area contributed by atoms with Gasteiger partial charge in [-0.2, -0.15) is 0 Å². The summed E-state index contributed by atoms with van der Waals surface area (Å²) in [4.78, 5) is 17.8. The molecule has 1 N–H and O–H groups in total. The number of para-hydroxylation sites is 1. The van der Waals surface area contributed by atoms with Crippen LogP contribution in [0, 0.1) is 0 Å². The molecule has 1 saturated heterocycles. The highest BCUT2D eigenvalue weighted by Crippen LogP contribution is 2.35. The number of fused-ring (bicyclic) bond motifs is 2. The molecule has 0 unspecified atom stereocenters. The van der Waals surface area contributed by atoms with E-state index in [2.05, 4.69) is 75.7 Å². The molecule has 0 aliphatic carbocycles. The van der Waals surface area contributed by atoms with Gasteiger partial charge >= 0.3 is 0 Å². The summed E-state index contributed by atoms with van der Waals surface area (Å²) in [5.74, 6) is -0.192. The van der Waals surface area contributed by atoms with Crippen molar-refractivity contribution in [2.24, 2.45) is 4.99 Å². The number of hydrogen-bond donors (Lipinski definition) is 1. The number of thioether (sulfide) groups is 1. The number of hydrogen-bond acceptors (Lipinski definition) is 3. The zero-order chi connectivity index (χ0) is 24.6. The van der Waals surface area contributed by atoms with Gasteiger partial charge in [0.15, 0.2) is 5.17 Å². The SMILES string of the molecule is O=C1NC(=Nc2cccc(Cl)c2Cl)S/C1=C/c1cn(Cc2cccc3ccccc23)c2ccccc12. The van der Waals surface area contributed by atoms with Crippen molar-refractivity contribution in [3.8, 4) is 0 Å². The lowest BCUT2D eigenvalue weighted by molar-refractivity contribution is -0.115. The van der Waals surface area contributed by atoms with E-state index >= 15 is 0 Å². The minimum absolute atomic E-state index is 0.192. The number of rotatable bonds is 4. The van der Waals surface area contributed by atoms with Crippen molar-refractivity contribution in [2.45, 2.75) is 6.54 Å². The second kappa shape index (κ2) is 9.51. The average Bonchev–Trinajstić information content (AvgIpc) is 3.42. The third kappa shape index (κ3) is 4.30. The van der Waals surface area contributed by atoms with Crippen LogP contribution in [-0.4, -0.2) is 15.6 Å². The highest BCUT2D eigenvalue weighted by atomic mass is 35.5. The first kappa shape index (κ1) is 22.9. The van der Waals surface area contributed by atoms with Crippen molar-refractivity contribution in [3.63, 3.8) is 0 Å². The van der Waals surface area contributed by atoms with Gasteiger partial charge in [-0.3, -0.25) is 4.79 Å². The van der Waals surface area contributed by atoms with Crippen LogP contribution in [0.5, 0.6) is 0 Å². The molecule has 4 aromatic carbocycles. The fraction of sp³-hybridized carbons (Fsp3) is 0.0345. The summed E-state index contributed by atoms with van der Waals surface area (Å²) in [6.07, 6.45) is 4.03. The lowest BCUT2D eigenvalue weighted by Gasteiger charge is -2.09. The molecule has 1 amide bonds. The molecule has 176 valence electrons. The first-order chi connectivity index (χ1) is 17.6. The van der Waals surface area contributed by atoms with Crippen LogP contribution < -0.4 is 5.32 Å². The molecule has 1 aliphatic rings. The smallest absolute Gasteiger partial charge is 0.264 e. The fourth-order valence-electron chi connectivity index (χ4n) is 4.44. The molecule has 1 fully saturated rings. The summed E-state index contributed by atoms with van der Waals surface area (Å²) in [6, 6.07) is 28.3. The molecule has 0 spiro atoms. The Kier molecular flexibility index (Phi) is 6.05. The lowest BCUT2D eigenvalue weighted by Crippen LogP contribution is -2.19. The van der Waals surface area contributed by atoms with E-state index in [1.807, 2.05) is 18.2 Å². The van der Waals surface area contributed by atoms with E-state index in [0.29, 0.717) is 25.8 Å². The zero-order valence-electron chi connectivity index (χ0n) is 18.9. The first-order valence-electron chi connectivity index (χ1n) is 11.3. The molecule has 2 heterocycles. The molecule has 0 saturated carbocycles. The van der Waals surface area contributed by atoms with E-state index in [9.17, 15) is 4.79 Å². The van der Waals surface area contributed by atoms with Crippen LogP contribution >= 0.6 is 35.0 Å². The Labute approximate surface area is 222 Å². The van der Waals surface area contributed by atoms with Gasteiger partial charge in [0.2, 0.25) is 0 Å². The Hall–Kier alpha value is -3.51. The monoisotopic (exact) mass is 527 g/mol. The number of aromatic nitrogens is 1. The van der Waals surface area contributed by atoms with Crippen molar-refractivity contribution in [2.75, 3.05) is 0 Å².